The third-order valence-corrected chi connectivity index (χ3v) is 7.00. The van der Waals surface area contributed by atoms with Crippen molar-refractivity contribution in [1.82, 2.24) is 0 Å². The van der Waals surface area contributed by atoms with Gasteiger partial charge in [-0.25, -0.2) is 0 Å². The van der Waals surface area contributed by atoms with E-state index in [1.807, 2.05) is 49.4 Å². The fraction of sp³-hybridized carbons (Fsp3) is 0.400. The largest absolute Gasteiger partial charge is 0.341 e. The maximum absolute atomic E-state index is 13.3. The molecule has 0 radical (unpaired) electrons. The summed E-state index contributed by atoms with van der Waals surface area (Å²) < 4.78 is 13.3. The zero-order chi connectivity index (χ0) is 16.9. The Labute approximate surface area is 140 Å². The van der Waals surface area contributed by atoms with Crippen LogP contribution in [0.15, 0.2) is 48.5 Å². The zero-order valence-corrected chi connectivity index (χ0v) is 15.2. The van der Waals surface area contributed by atoms with Gasteiger partial charge in [0.15, 0.2) is 0 Å². The Balaban J connectivity index is 2.43. The summed E-state index contributed by atoms with van der Waals surface area (Å²) in [5.74, 6) is 0. The summed E-state index contributed by atoms with van der Waals surface area (Å²) in [4.78, 5) is 11.0. The van der Waals surface area contributed by atoms with Crippen LogP contribution in [0.5, 0.6) is 0 Å². The van der Waals surface area contributed by atoms with E-state index < -0.39 is 7.37 Å². The SMILES string of the molecule is CCCCc1ccccc1P(=O)(O)C(C)c1ccccc1CC. The lowest BCUT2D eigenvalue weighted by Crippen LogP contribution is -2.15. The molecule has 0 bridgehead atoms. The Morgan fingerprint density at radius 3 is 2.26 bits per heavy atom. The van der Waals surface area contributed by atoms with Crippen LogP contribution in [-0.4, -0.2) is 4.89 Å². The normalized spacial score (nSPS) is 15.1. The summed E-state index contributed by atoms with van der Waals surface area (Å²) in [7, 11) is -3.48. The lowest BCUT2D eigenvalue weighted by Gasteiger charge is -2.24. The van der Waals surface area contributed by atoms with Crippen molar-refractivity contribution in [3.8, 4) is 0 Å². The van der Waals surface area contributed by atoms with Crippen LogP contribution in [0, 0.1) is 0 Å². The van der Waals surface area contributed by atoms with E-state index in [0.29, 0.717) is 5.30 Å². The fourth-order valence-corrected chi connectivity index (χ4v) is 5.01. The molecule has 2 aromatic rings. The van der Waals surface area contributed by atoms with Gasteiger partial charge in [0.05, 0.1) is 5.66 Å². The Hall–Kier alpha value is -1.37. The van der Waals surface area contributed by atoms with Crippen molar-refractivity contribution >= 4 is 12.7 Å². The van der Waals surface area contributed by atoms with Crippen LogP contribution >= 0.6 is 7.37 Å². The van der Waals surface area contributed by atoms with Crippen LogP contribution in [0.25, 0.3) is 0 Å². The smallest absolute Gasteiger partial charge is 0.236 e. The molecule has 0 saturated heterocycles. The second kappa shape index (κ2) is 7.95. The van der Waals surface area contributed by atoms with E-state index in [2.05, 4.69) is 19.9 Å². The number of hydrogen-bond acceptors (Lipinski definition) is 1. The highest BCUT2D eigenvalue weighted by Gasteiger charge is 2.33. The zero-order valence-electron chi connectivity index (χ0n) is 14.3. The first-order valence-corrected chi connectivity index (χ1v) is 10.2. The van der Waals surface area contributed by atoms with Gasteiger partial charge in [-0.1, -0.05) is 62.7 Å². The molecule has 2 atom stereocenters. The van der Waals surface area contributed by atoms with Gasteiger partial charge < -0.3 is 4.89 Å². The predicted octanol–water partition coefficient (Wildman–Crippen LogP) is 5.25. The Morgan fingerprint density at radius 1 is 1.00 bits per heavy atom. The van der Waals surface area contributed by atoms with E-state index in [1.165, 1.54) is 0 Å². The molecule has 0 aliphatic heterocycles. The third-order valence-electron chi connectivity index (χ3n) is 4.55. The molecule has 0 saturated carbocycles. The Kier molecular flexibility index (Phi) is 6.21. The highest BCUT2D eigenvalue weighted by Crippen LogP contribution is 2.55. The molecule has 0 aliphatic carbocycles. The van der Waals surface area contributed by atoms with Gasteiger partial charge in [-0.05, 0) is 48.9 Å². The molecule has 2 rings (SSSR count). The van der Waals surface area contributed by atoms with Crippen molar-refractivity contribution in [3.63, 3.8) is 0 Å². The number of hydrogen-bond donors (Lipinski definition) is 1. The van der Waals surface area contributed by atoms with Crippen LogP contribution in [0.1, 0.15) is 56.0 Å². The lowest BCUT2D eigenvalue weighted by molar-refractivity contribution is 0.478. The average molecular weight is 330 g/mol. The van der Waals surface area contributed by atoms with Crippen molar-refractivity contribution in [2.45, 2.75) is 52.1 Å². The molecule has 0 fully saturated rings. The van der Waals surface area contributed by atoms with E-state index in [4.69, 9.17) is 0 Å². The molecule has 3 heteroatoms. The van der Waals surface area contributed by atoms with Gasteiger partial charge in [-0.2, -0.15) is 0 Å². The third kappa shape index (κ3) is 3.94. The second-order valence-electron chi connectivity index (χ2n) is 6.08. The van der Waals surface area contributed by atoms with E-state index >= 15 is 0 Å². The number of unbranched alkanes of at least 4 members (excludes halogenated alkanes) is 1. The summed E-state index contributed by atoms with van der Waals surface area (Å²) in [5, 5.41) is 0.631. The minimum Gasteiger partial charge on any atom is -0.341 e. The first-order valence-electron chi connectivity index (χ1n) is 8.51. The van der Waals surface area contributed by atoms with Crippen LogP contribution in [0.3, 0.4) is 0 Å². The van der Waals surface area contributed by atoms with Gasteiger partial charge in [0.25, 0.3) is 0 Å². The van der Waals surface area contributed by atoms with Gasteiger partial charge in [-0.3, -0.25) is 4.57 Å². The van der Waals surface area contributed by atoms with Gasteiger partial charge >= 0.3 is 0 Å². The summed E-state index contributed by atoms with van der Waals surface area (Å²) in [6.07, 6.45) is 3.85. The minimum atomic E-state index is -3.48. The van der Waals surface area contributed by atoms with Gasteiger partial charge in [0.2, 0.25) is 7.37 Å². The topological polar surface area (TPSA) is 37.3 Å². The van der Waals surface area contributed by atoms with E-state index in [0.717, 1.165) is 42.4 Å². The number of aryl methyl sites for hydroxylation is 2. The average Bonchev–Trinajstić information content (AvgIpc) is 2.59. The first kappa shape index (κ1) is 18.0. The molecular weight excluding hydrogens is 303 g/mol. The molecule has 1 N–H and O–H groups in total. The highest BCUT2D eigenvalue weighted by atomic mass is 31.2. The standard InChI is InChI=1S/C20H27O2P/c1-4-6-11-18-13-8-10-15-20(18)23(21,22)16(3)19-14-9-7-12-17(19)5-2/h7-10,12-16H,4-6,11H2,1-3H3,(H,21,22). The Morgan fingerprint density at radius 2 is 1.61 bits per heavy atom. The van der Waals surface area contributed by atoms with Crippen LogP contribution in [0.2, 0.25) is 0 Å². The molecule has 2 unspecified atom stereocenters. The van der Waals surface area contributed by atoms with Crippen molar-refractivity contribution in [3.05, 3.63) is 65.2 Å². The molecule has 0 heterocycles. The Bertz CT molecular complexity index is 694. The molecule has 124 valence electrons. The van der Waals surface area contributed by atoms with Crippen molar-refractivity contribution in [1.29, 1.82) is 0 Å². The van der Waals surface area contributed by atoms with Crippen molar-refractivity contribution in [2.24, 2.45) is 0 Å². The molecule has 2 aromatic carbocycles. The van der Waals surface area contributed by atoms with Crippen molar-refractivity contribution < 1.29 is 9.46 Å². The van der Waals surface area contributed by atoms with Crippen LogP contribution in [0.4, 0.5) is 0 Å². The summed E-state index contributed by atoms with van der Waals surface area (Å²) in [6.45, 7) is 6.11. The quantitative estimate of drug-likeness (QED) is 0.704. The van der Waals surface area contributed by atoms with E-state index in [-0.39, 0.29) is 5.66 Å². The molecule has 0 aromatic heterocycles. The molecule has 23 heavy (non-hydrogen) atoms. The predicted molar refractivity (Wildman–Crippen MR) is 98.7 cm³/mol. The molecule has 2 nitrogen and oxygen atoms in total. The molecule has 0 amide bonds. The van der Waals surface area contributed by atoms with Gasteiger partial charge in [-0.15, -0.1) is 0 Å². The van der Waals surface area contributed by atoms with Crippen LogP contribution < -0.4 is 5.30 Å². The number of rotatable bonds is 7. The second-order valence-corrected chi connectivity index (χ2v) is 8.59. The maximum atomic E-state index is 13.3. The molecule has 0 spiro atoms. The molecule has 0 aliphatic rings. The molecular formula is C20H27O2P. The summed E-state index contributed by atoms with van der Waals surface area (Å²) in [5.41, 5.74) is 2.77. The summed E-state index contributed by atoms with van der Waals surface area (Å²) in [6, 6.07) is 15.6. The van der Waals surface area contributed by atoms with Gasteiger partial charge in [0, 0.05) is 5.30 Å². The van der Waals surface area contributed by atoms with E-state index in [9.17, 15) is 9.46 Å². The van der Waals surface area contributed by atoms with Crippen molar-refractivity contribution in [2.75, 3.05) is 0 Å². The first-order chi connectivity index (χ1) is 11.0. The summed E-state index contributed by atoms with van der Waals surface area (Å²) >= 11 is 0. The van der Waals surface area contributed by atoms with E-state index in [1.54, 1.807) is 0 Å². The van der Waals surface area contributed by atoms with Crippen LogP contribution in [-0.2, 0) is 17.4 Å². The minimum absolute atomic E-state index is 0.388. The number of benzene rings is 2. The van der Waals surface area contributed by atoms with Gasteiger partial charge in [0.1, 0.15) is 0 Å². The lowest BCUT2D eigenvalue weighted by atomic mass is 10.0. The highest BCUT2D eigenvalue weighted by molar-refractivity contribution is 7.66. The fourth-order valence-electron chi connectivity index (χ4n) is 3.06. The monoisotopic (exact) mass is 330 g/mol. The maximum Gasteiger partial charge on any atom is 0.236 e.